The summed E-state index contributed by atoms with van der Waals surface area (Å²) in [5.74, 6) is 0.772. The van der Waals surface area contributed by atoms with Crippen LogP contribution in [0.25, 0.3) is 0 Å². The minimum absolute atomic E-state index is 0.772. The number of imidazole rings is 1. The minimum atomic E-state index is 0.772. The zero-order valence-electron chi connectivity index (χ0n) is 12.0. The molecule has 1 fully saturated rings. The number of benzene rings is 1. The number of piperidine rings is 1. The summed E-state index contributed by atoms with van der Waals surface area (Å²) < 4.78 is 2.21. The van der Waals surface area contributed by atoms with Crippen molar-refractivity contribution in [2.45, 2.75) is 25.8 Å². The molecule has 0 aliphatic carbocycles. The van der Waals surface area contributed by atoms with Crippen molar-refractivity contribution in [3.05, 3.63) is 54.6 Å². The van der Waals surface area contributed by atoms with Crippen molar-refractivity contribution in [3.8, 4) is 0 Å². The van der Waals surface area contributed by atoms with Gasteiger partial charge in [-0.2, -0.15) is 0 Å². The normalized spacial score (nSPS) is 20.1. The molecule has 3 rings (SSSR count). The molecule has 1 aromatic carbocycles. The molecule has 0 unspecified atom stereocenters. The Kier molecular flexibility index (Phi) is 4.49. The molecule has 1 aliphatic heterocycles. The second kappa shape index (κ2) is 6.71. The summed E-state index contributed by atoms with van der Waals surface area (Å²) in [5, 5.41) is 0. The van der Waals surface area contributed by atoms with Crippen molar-refractivity contribution in [1.82, 2.24) is 14.5 Å². The van der Waals surface area contributed by atoms with Crippen LogP contribution in [0, 0.1) is 5.92 Å². The second-order valence-electron chi connectivity index (χ2n) is 5.80. The molecule has 20 heavy (non-hydrogen) atoms. The first-order valence-electron chi connectivity index (χ1n) is 7.62. The van der Waals surface area contributed by atoms with Crippen LogP contribution in [0.5, 0.6) is 0 Å². The first-order valence-corrected chi connectivity index (χ1v) is 7.62. The van der Waals surface area contributed by atoms with Crippen LogP contribution >= 0.6 is 0 Å². The van der Waals surface area contributed by atoms with Crippen molar-refractivity contribution < 1.29 is 0 Å². The SMILES string of the molecule is c1ccc(CCN2CCC[C@H](Cn3ccnc3)C2)cc1. The Morgan fingerprint density at radius 3 is 2.90 bits per heavy atom. The predicted molar refractivity (Wildman–Crippen MR) is 81.5 cm³/mol. The molecule has 1 aromatic heterocycles. The molecule has 106 valence electrons. The molecule has 0 N–H and O–H groups in total. The topological polar surface area (TPSA) is 21.1 Å². The van der Waals surface area contributed by atoms with Crippen LogP contribution in [0.2, 0.25) is 0 Å². The lowest BCUT2D eigenvalue weighted by Gasteiger charge is -2.32. The smallest absolute Gasteiger partial charge is 0.0946 e. The van der Waals surface area contributed by atoms with Crippen molar-refractivity contribution in [1.29, 1.82) is 0 Å². The third kappa shape index (κ3) is 3.70. The van der Waals surface area contributed by atoms with Gasteiger partial charge in [-0.3, -0.25) is 0 Å². The maximum atomic E-state index is 4.13. The van der Waals surface area contributed by atoms with Crippen molar-refractivity contribution in [2.75, 3.05) is 19.6 Å². The summed E-state index contributed by atoms with van der Waals surface area (Å²) >= 11 is 0. The Balaban J connectivity index is 1.48. The number of nitrogens with zero attached hydrogens (tertiary/aromatic N) is 3. The molecule has 0 saturated carbocycles. The van der Waals surface area contributed by atoms with Gasteiger partial charge in [-0.1, -0.05) is 30.3 Å². The van der Waals surface area contributed by atoms with Crippen LogP contribution in [-0.2, 0) is 13.0 Å². The Hall–Kier alpha value is -1.61. The Morgan fingerprint density at radius 2 is 2.10 bits per heavy atom. The van der Waals surface area contributed by atoms with E-state index in [1.54, 1.807) is 0 Å². The number of likely N-dealkylation sites (tertiary alicyclic amines) is 1. The largest absolute Gasteiger partial charge is 0.337 e. The van der Waals surface area contributed by atoms with E-state index < -0.39 is 0 Å². The molecule has 0 spiro atoms. The predicted octanol–water partition coefficient (Wildman–Crippen LogP) is 2.84. The van der Waals surface area contributed by atoms with E-state index in [2.05, 4.69) is 51.0 Å². The van der Waals surface area contributed by atoms with Gasteiger partial charge in [0.2, 0.25) is 0 Å². The average Bonchev–Trinajstić information content (AvgIpc) is 3.00. The molecule has 3 heteroatoms. The molecule has 2 aromatic rings. The number of hydrogen-bond donors (Lipinski definition) is 0. The monoisotopic (exact) mass is 269 g/mol. The zero-order valence-corrected chi connectivity index (χ0v) is 12.0. The minimum Gasteiger partial charge on any atom is -0.337 e. The zero-order chi connectivity index (χ0) is 13.6. The standard InChI is InChI=1S/C17H23N3/c1-2-5-16(6-3-1)8-11-19-10-4-7-17(13-19)14-20-12-9-18-15-20/h1-3,5-6,9,12,15,17H,4,7-8,10-11,13-14H2/t17-/m0/s1. The maximum absolute atomic E-state index is 4.13. The quantitative estimate of drug-likeness (QED) is 0.832. The number of aromatic nitrogens is 2. The lowest BCUT2D eigenvalue weighted by Crippen LogP contribution is -2.38. The van der Waals surface area contributed by atoms with Crippen LogP contribution in [0.1, 0.15) is 18.4 Å². The third-order valence-electron chi connectivity index (χ3n) is 4.19. The van der Waals surface area contributed by atoms with E-state index in [9.17, 15) is 0 Å². The summed E-state index contributed by atoms with van der Waals surface area (Å²) in [7, 11) is 0. The molecule has 1 atom stereocenters. The first kappa shape index (κ1) is 13.4. The van der Waals surface area contributed by atoms with Crippen LogP contribution < -0.4 is 0 Å². The molecule has 0 amide bonds. The van der Waals surface area contributed by atoms with E-state index in [1.807, 2.05) is 12.5 Å². The van der Waals surface area contributed by atoms with Crippen molar-refractivity contribution in [2.24, 2.45) is 5.92 Å². The molecule has 2 heterocycles. The Morgan fingerprint density at radius 1 is 1.20 bits per heavy atom. The van der Waals surface area contributed by atoms with Gasteiger partial charge in [-0.05, 0) is 37.3 Å². The van der Waals surface area contributed by atoms with E-state index in [-0.39, 0.29) is 0 Å². The highest BCUT2D eigenvalue weighted by molar-refractivity contribution is 5.14. The van der Waals surface area contributed by atoms with Crippen molar-refractivity contribution >= 4 is 0 Å². The van der Waals surface area contributed by atoms with Crippen LogP contribution in [0.3, 0.4) is 0 Å². The van der Waals surface area contributed by atoms with Gasteiger partial charge in [-0.15, -0.1) is 0 Å². The maximum Gasteiger partial charge on any atom is 0.0946 e. The van der Waals surface area contributed by atoms with E-state index in [0.29, 0.717) is 0 Å². The molecule has 1 saturated heterocycles. The van der Waals surface area contributed by atoms with E-state index in [4.69, 9.17) is 0 Å². The molecule has 0 radical (unpaired) electrons. The van der Waals surface area contributed by atoms with Gasteiger partial charge in [0, 0.05) is 32.0 Å². The Labute approximate surface area is 121 Å². The van der Waals surface area contributed by atoms with Crippen molar-refractivity contribution in [3.63, 3.8) is 0 Å². The highest BCUT2D eigenvalue weighted by Gasteiger charge is 2.19. The van der Waals surface area contributed by atoms with Gasteiger partial charge >= 0.3 is 0 Å². The molecular weight excluding hydrogens is 246 g/mol. The lowest BCUT2D eigenvalue weighted by atomic mass is 9.97. The van der Waals surface area contributed by atoms with Gasteiger partial charge in [0.25, 0.3) is 0 Å². The number of hydrogen-bond acceptors (Lipinski definition) is 2. The summed E-state index contributed by atoms with van der Waals surface area (Å²) in [6, 6.07) is 10.8. The molecule has 3 nitrogen and oxygen atoms in total. The summed E-state index contributed by atoms with van der Waals surface area (Å²) in [5.41, 5.74) is 1.45. The van der Waals surface area contributed by atoms with Gasteiger partial charge in [0.05, 0.1) is 6.33 Å². The summed E-state index contributed by atoms with van der Waals surface area (Å²) in [4.78, 5) is 6.76. The fourth-order valence-electron chi connectivity index (χ4n) is 3.13. The van der Waals surface area contributed by atoms with E-state index >= 15 is 0 Å². The second-order valence-corrected chi connectivity index (χ2v) is 5.80. The lowest BCUT2D eigenvalue weighted by molar-refractivity contribution is 0.164. The Bertz CT molecular complexity index is 492. The molecular formula is C17H23N3. The van der Waals surface area contributed by atoms with Gasteiger partial charge in [0.1, 0.15) is 0 Å². The van der Waals surface area contributed by atoms with Crippen LogP contribution in [0.15, 0.2) is 49.1 Å². The number of rotatable bonds is 5. The highest BCUT2D eigenvalue weighted by atomic mass is 15.1. The third-order valence-corrected chi connectivity index (χ3v) is 4.19. The first-order chi connectivity index (χ1) is 9.90. The van der Waals surface area contributed by atoms with Gasteiger partial charge < -0.3 is 9.47 Å². The fourth-order valence-corrected chi connectivity index (χ4v) is 3.13. The van der Waals surface area contributed by atoms with E-state index in [0.717, 1.165) is 12.5 Å². The fraction of sp³-hybridized carbons (Fsp3) is 0.471. The van der Waals surface area contributed by atoms with Gasteiger partial charge in [0.15, 0.2) is 0 Å². The highest BCUT2D eigenvalue weighted by Crippen LogP contribution is 2.18. The van der Waals surface area contributed by atoms with Gasteiger partial charge in [-0.25, -0.2) is 4.98 Å². The van der Waals surface area contributed by atoms with Crippen LogP contribution in [0.4, 0.5) is 0 Å². The average molecular weight is 269 g/mol. The summed E-state index contributed by atoms with van der Waals surface area (Å²) in [6.45, 7) is 4.78. The molecule has 1 aliphatic rings. The van der Waals surface area contributed by atoms with Crippen LogP contribution in [-0.4, -0.2) is 34.1 Å². The van der Waals surface area contributed by atoms with E-state index in [1.165, 1.54) is 44.5 Å². The summed E-state index contributed by atoms with van der Waals surface area (Å²) in [6.07, 6.45) is 9.72. The molecule has 0 bridgehead atoms.